The van der Waals surface area contributed by atoms with Crippen molar-refractivity contribution in [1.29, 1.82) is 0 Å². The van der Waals surface area contributed by atoms with Crippen molar-refractivity contribution in [2.75, 3.05) is 38.5 Å². The number of ether oxygens (including phenoxy) is 4. The van der Waals surface area contributed by atoms with E-state index in [-0.39, 0.29) is 66.5 Å². The minimum atomic E-state index is -2.32. The van der Waals surface area contributed by atoms with E-state index in [2.05, 4.69) is 58.0 Å². The number of carbonyl (C=O) groups is 2. The maximum absolute atomic E-state index is 17.7. The van der Waals surface area contributed by atoms with Crippen LogP contribution in [0.25, 0.3) is 32.9 Å². The van der Waals surface area contributed by atoms with Gasteiger partial charge >= 0.3 is 12.1 Å². The highest BCUT2D eigenvalue weighted by Crippen LogP contribution is 2.45. The Morgan fingerprint density at radius 1 is 0.952 bits per heavy atom. The van der Waals surface area contributed by atoms with Crippen LogP contribution in [0.15, 0.2) is 60.8 Å². The van der Waals surface area contributed by atoms with Crippen LogP contribution < -0.4 is 14.4 Å². The zero-order valence-electron chi connectivity index (χ0n) is 37.0. The Morgan fingerprint density at radius 3 is 2.29 bits per heavy atom. The molecule has 3 aliphatic rings. The first-order valence-corrected chi connectivity index (χ1v) is 24.1. The van der Waals surface area contributed by atoms with Gasteiger partial charge in [-0.3, -0.25) is 9.88 Å². The van der Waals surface area contributed by atoms with Gasteiger partial charge < -0.3 is 28.6 Å². The highest BCUT2D eigenvalue weighted by molar-refractivity contribution is 6.90. The predicted octanol–water partition coefficient (Wildman–Crippen LogP) is 10.0. The summed E-state index contributed by atoms with van der Waals surface area (Å²) in [6.45, 7) is 14.1. The first-order chi connectivity index (χ1) is 30.3. The average molecular weight is 876 g/mol. The van der Waals surface area contributed by atoms with Crippen LogP contribution in [0, 0.1) is 28.5 Å². The number of carbonyl (C=O) groups excluding carboxylic acids is 2. The van der Waals surface area contributed by atoms with Crippen molar-refractivity contribution in [2.24, 2.45) is 5.41 Å². The maximum atomic E-state index is 17.7. The molecule has 2 aromatic heterocycles. The number of anilines is 1. The fraction of sp³-hybridized carbons (Fsp3) is 0.449. The van der Waals surface area contributed by atoms with E-state index in [4.69, 9.17) is 28.9 Å². The van der Waals surface area contributed by atoms with Gasteiger partial charge in [-0.1, -0.05) is 83.9 Å². The number of aromatic nitrogens is 3. The van der Waals surface area contributed by atoms with Gasteiger partial charge in [-0.05, 0) is 71.5 Å². The number of hydrogen-bond acceptors (Lipinski definition) is 10. The first kappa shape index (κ1) is 44.0. The van der Waals surface area contributed by atoms with Crippen molar-refractivity contribution in [2.45, 2.75) is 103 Å². The molecule has 1 aliphatic carbocycles. The summed E-state index contributed by atoms with van der Waals surface area (Å²) < 4.78 is 57.0. The Labute approximate surface area is 368 Å². The fourth-order valence-electron chi connectivity index (χ4n) is 9.88. The molecule has 63 heavy (non-hydrogen) atoms. The normalized spacial score (nSPS) is 18.0. The Hall–Kier alpha value is -5.65. The summed E-state index contributed by atoms with van der Waals surface area (Å²) in [5.41, 5.74) is 5.12. The lowest BCUT2D eigenvalue weighted by Crippen LogP contribution is -2.56. The summed E-state index contributed by atoms with van der Waals surface area (Å²) in [6, 6.07) is 15.5. The van der Waals surface area contributed by atoms with Gasteiger partial charge in [0.05, 0.1) is 28.4 Å². The summed E-state index contributed by atoms with van der Waals surface area (Å²) in [4.78, 5) is 43.5. The van der Waals surface area contributed by atoms with E-state index >= 15 is 8.78 Å². The number of piperazine rings is 1. The molecule has 2 bridgehead atoms. The summed E-state index contributed by atoms with van der Waals surface area (Å²) in [5.74, 6) is 2.79. The molecule has 2 atom stereocenters. The molecule has 3 fully saturated rings. The molecule has 11 nitrogen and oxygen atoms in total. The fourth-order valence-corrected chi connectivity index (χ4v) is 15.1. The molecule has 2 aliphatic heterocycles. The molecule has 0 N–H and O–H groups in total. The third-order valence-corrected chi connectivity index (χ3v) is 19.7. The van der Waals surface area contributed by atoms with E-state index in [0.717, 1.165) is 24.7 Å². The first-order valence-electron chi connectivity index (χ1n) is 21.9. The molecule has 3 aromatic carbocycles. The Balaban J connectivity index is 1.24. The second-order valence-corrected chi connectivity index (χ2v) is 23.8. The third kappa shape index (κ3) is 8.45. The Bertz CT molecular complexity index is 2560. The summed E-state index contributed by atoms with van der Waals surface area (Å²) in [7, 11) is -0.818. The van der Waals surface area contributed by atoms with E-state index in [1.807, 2.05) is 40.1 Å². The van der Waals surface area contributed by atoms with E-state index < -0.39 is 25.1 Å². The smallest absolute Gasteiger partial charge is 0.410 e. The van der Waals surface area contributed by atoms with Crippen LogP contribution in [0.3, 0.4) is 0 Å². The topological polar surface area (TPSA) is 116 Å². The van der Waals surface area contributed by atoms with Gasteiger partial charge in [0.15, 0.2) is 12.6 Å². The molecule has 2 unspecified atom stereocenters. The van der Waals surface area contributed by atoms with Crippen molar-refractivity contribution in [3.8, 4) is 34.5 Å². The Morgan fingerprint density at radius 2 is 1.65 bits per heavy atom. The number of fused-ring (bicyclic) bond motifs is 4. The highest BCUT2D eigenvalue weighted by Gasteiger charge is 2.46. The number of nitrogens with zero attached hydrogens (tertiary/aromatic N) is 5. The molecular formula is C49H55F2N5O6Si. The van der Waals surface area contributed by atoms with Gasteiger partial charge in [-0.15, -0.1) is 5.54 Å². The molecule has 14 heteroatoms. The summed E-state index contributed by atoms with van der Waals surface area (Å²) in [5, 5.41) is 1.32. The zero-order valence-corrected chi connectivity index (χ0v) is 38.0. The van der Waals surface area contributed by atoms with Crippen LogP contribution in [-0.2, 0) is 20.9 Å². The number of methoxy groups -OCH3 is 1. The van der Waals surface area contributed by atoms with Crippen LogP contribution in [0.5, 0.6) is 11.8 Å². The van der Waals surface area contributed by atoms with Crippen LogP contribution >= 0.6 is 0 Å². The van der Waals surface area contributed by atoms with Gasteiger partial charge in [-0.2, -0.15) is 9.97 Å². The van der Waals surface area contributed by atoms with Gasteiger partial charge in [0, 0.05) is 37.3 Å². The van der Waals surface area contributed by atoms with Crippen molar-refractivity contribution < 1.29 is 37.3 Å². The van der Waals surface area contributed by atoms with Crippen molar-refractivity contribution in [3.63, 3.8) is 0 Å². The average Bonchev–Trinajstić information content (AvgIpc) is 4.01. The van der Waals surface area contributed by atoms with Gasteiger partial charge in [0.1, 0.15) is 56.2 Å². The minimum absolute atomic E-state index is 0.0477. The number of aldehydes is 1. The van der Waals surface area contributed by atoms with Crippen molar-refractivity contribution >= 4 is 47.9 Å². The lowest BCUT2D eigenvalue weighted by atomic mass is 9.95. The lowest BCUT2D eigenvalue weighted by molar-refractivity contribution is -0.113. The molecular weight excluding hydrogens is 821 g/mol. The minimum Gasteiger partial charge on any atom is -0.468 e. The molecule has 1 saturated carbocycles. The summed E-state index contributed by atoms with van der Waals surface area (Å²) >= 11 is 0. The number of pyridine rings is 1. The molecule has 0 spiro atoms. The van der Waals surface area contributed by atoms with Gasteiger partial charge in [0.25, 0.3) is 0 Å². The van der Waals surface area contributed by atoms with Crippen LogP contribution in [0.1, 0.15) is 78.4 Å². The number of benzene rings is 3. The number of halogens is 2. The Kier molecular flexibility index (Phi) is 12.5. The standard InChI is InChI=1S/C49H55F2N5O6Si/c1-30(2)63(31(3)4,32(5)6)20-17-38-41(50)16-13-34-21-37(62-29-59-7)22-39(42(34)38)44-43(51)45-40(23-52-44)46(54-47(53-45)61-28-49(27-57)18-19-49)55-24-35-14-15-36(25-55)56(35)48(58)60-26-33-11-9-8-10-12-33/h8-13,16,21-23,27,30-32,35-36H,14-15,18-19,24-26,28-29H2,1-7H3. The molecule has 1 amide bonds. The molecule has 8 rings (SSSR count). The maximum Gasteiger partial charge on any atom is 0.410 e. The predicted molar refractivity (Wildman–Crippen MR) is 241 cm³/mol. The van der Waals surface area contributed by atoms with E-state index in [9.17, 15) is 9.59 Å². The van der Waals surface area contributed by atoms with E-state index in [0.29, 0.717) is 70.3 Å². The molecule has 5 aromatic rings. The van der Waals surface area contributed by atoms with E-state index in [1.165, 1.54) is 19.4 Å². The monoisotopic (exact) mass is 875 g/mol. The van der Waals surface area contributed by atoms with Gasteiger partial charge in [-0.25, -0.2) is 13.6 Å². The molecule has 2 saturated heterocycles. The number of rotatable bonds is 14. The second kappa shape index (κ2) is 17.8. The van der Waals surface area contributed by atoms with E-state index in [1.54, 1.807) is 18.2 Å². The molecule has 0 radical (unpaired) electrons. The zero-order chi connectivity index (χ0) is 44.6. The van der Waals surface area contributed by atoms with Crippen molar-refractivity contribution in [1.82, 2.24) is 19.9 Å². The molecule has 330 valence electrons. The third-order valence-electron chi connectivity index (χ3n) is 13.4. The summed E-state index contributed by atoms with van der Waals surface area (Å²) in [6.07, 6.45) is 4.93. The number of amides is 1. The SMILES string of the molecule is COCOc1cc(-c2ncc3c(N4CC5CCC(C4)N5C(=O)OCc4ccccc4)nc(OCC4(C=O)CC4)nc3c2F)c2c(C#C[Si](C(C)C)(C(C)C)C(C)C)c(F)ccc2c1. The van der Waals surface area contributed by atoms with Crippen molar-refractivity contribution in [3.05, 3.63) is 83.6 Å². The van der Waals surface area contributed by atoms with Crippen LogP contribution in [0.2, 0.25) is 16.6 Å². The van der Waals surface area contributed by atoms with Crippen LogP contribution in [0.4, 0.5) is 19.4 Å². The lowest BCUT2D eigenvalue weighted by Gasteiger charge is -2.41. The molecule has 4 heterocycles. The largest absolute Gasteiger partial charge is 0.468 e. The van der Waals surface area contributed by atoms with Crippen LogP contribution in [-0.4, -0.2) is 86.0 Å². The number of hydrogen-bond donors (Lipinski definition) is 0. The second-order valence-electron chi connectivity index (χ2n) is 18.2. The van der Waals surface area contributed by atoms with Gasteiger partial charge in [0.2, 0.25) is 0 Å². The highest BCUT2D eigenvalue weighted by atomic mass is 28.3. The quantitative estimate of drug-likeness (QED) is 0.0462.